The molecule has 1 atom stereocenters. The van der Waals surface area contributed by atoms with E-state index in [4.69, 9.17) is 14.2 Å². The topological polar surface area (TPSA) is 68.3 Å². The Hall–Kier alpha value is -2.28. The minimum absolute atomic E-state index is 0.00626. The summed E-state index contributed by atoms with van der Waals surface area (Å²) in [5.41, 5.74) is 0.564. The maximum atomic E-state index is 13.0. The fraction of sp³-hybridized carbons (Fsp3) is 0.652. The van der Waals surface area contributed by atoms with Crippen molar-refractivity contribution >= 4 is 11.8 Å². The molecule has 30 heavy (non-hydrogen) atoms. The van der Waals surface area contributed by atoms with E-state index in [1.807, 2.05) is 23.6 Å². The number of carbonyl (C=O) groups excluding carboxylic acids is 2. The van der Waals surface area contributed by atoms with Crippen LogP contribution in [0.1, 0.15) is 49.9 Å². The van der Waals surface area contributed by atoms with Crippen LogP contribution in [0.3, 0.4) is 0 Å². The lowest BCUT2D eigenvalue weighted by Crippen LogP contribution is -2.38. The Morgan fingerprint density at radius 3 is 2.60 bits per heavy atom. The number of rotatable bonds is 9. The number of amides is 2. The number of ether oxygens (including phenoxy) is 3. The van der Waals surface area contributed by atoms with Crippen LogP contribution in [-0.4, -0.2) is 74.2 Å². The van der Waals surface area contributed by atoms with E-state index >= 15 is 0 Å². The van der Waals surface area contributed by atoms with Crippen molar-refractivity contribution in [1.82, 2.24) is 9.80 Å². The van der Waals surface area contributed by atoms with Gasteiger partial charge in [-0.1, -0.05) is 0 Å². The van der Waals surface area contributed by atoms with Gasteiger partial charge in [0.1, 0.15) is 0 Å². The van der Waals surface area contributed by atoms with Crippen LogP contribution in [0.5, 0.6) is 11.5 Å². The smallest absolute Gasteiger partial charge is 0.260 e. The van der Waals surface area contributed by atoms with Gasteiger partial charge in [-0.2, -0.15) is 0 Å². The minimum atomic E-state index is -0.0266. The zero-order chi connectivity index (χ0) is 21.3. The molecular formula is C23H34N2O5. The van der Waals surface area contributed by atoms with Gasteiger partial charge in [0, 0.05) is 44.3 Å². The third-order valence-electron chi connectivity index (χ3n) is 5.72. The average Bonchev–Trinajstić information content (AvgIpc) is 3.30. The standard InChI is InChI=1S/C23H34N2O5/c1-3-24(15-18-10-13-28-16-18)23(27)19-8-9-20(21(14-19)29-4-2)30-17-22(26)25-11-6-5-7-12-25/h8-9,14,18H,3-7,10-13,15-17H2,1-2H3. The van der Waals surface area contributed by atoms with Gasteiger partial charge in [0.05, 0.1) is 13.2 Å². The van der Waals surface area contributed by atoms with E-state index in [-0.39, 0.29) is 18.4 Å². The molecule has 2 saturated heterocycles. The maximum Gasteiger partial charge on any atom is 0.260 e. The first kappa shape index (κ1) is 22.4. The number of carbonyl (C=O) groups is 2. The number of hydrogen-bond acceptors (Lipinski definition) is 5. The molecule has 2 aliphatic heterocycles. The van der Waals surface area contributed by atoms with E-state index in [2.05, 4.69) is 0 Å². The summed E-state index contributed by atoms with van der Waals surface area (Å²) in [4.78, 5) is 29.1. The number of hydrogen-bond donors (Lipinski definition) is 0. The molecule has 2 fully saturated rings. The molecule has 0 bridgehead atoms. The predicted molar refractivity (Wildman–Crippen MR) is 114 cm³/mol. The fourth-order valence-electron chi connectivity index (χ4n) is 3.98. The van der Waals surface area contributed by atoms with Crippen LogP contribution in [0.2, 0.25) is 0 Å². The van der Waals surface area contributed by atoms with E-state index in [0.717, 1.165) is 39.0 Å². The van der Waals surface area contributed by atoms with Crippen LogP contribution < -0.4 is 9.47 Å². The van der Waals surface area contributed by atoms with Gasteiger partial charge in [0.25, 0.3) is 11.8 Å². The molecule has 0 radical (unpaired) electrons. The van der Waals surface area contributed by atoms with Gasteiger partial charge in [-0.15, -0.1) is 0 Å². The van der Waals surface area contributed by atoms with Crippen molar-refractivity contribution in [2.45, 2.75) is 39.5 Å². The van der Waals surface area contributed by atoms with Gasteiger partial charge in [0.15, 0.2) is 18.1 Å². The lowest BCUT2D eigenvalue weighted by molar-refractivity contribution is -0.134. The fourth-order valence-corrected chi connectivity index (χ4v) is 3.98. The van der Waals surface area contributed by atoms with Crippen LogP contribution in [0.15, 0.2) is 18.2 Å². The quantitative estimate of drug-likeness (QED) is 0.617. The van der Waals surface area contributed by atoms with Crippen molar-refractivity contribution in [1.29, 1.82) is 0 Å². The summed E-state index contributed by atoms with van der Waals surface area (Å²) in [5, 5.41) is 0. The molecule has 1 unspecified atom stereocenters. The zero-order valence-electron chi connectivity index (χ0n) is 18.2. The minimum Gasteiger partial charge on any atom is -0.490 e. The summed E-state index contributed by atoms with van der Waals surface area (Å²) in [6, 6.07) is 5.20. The van der Waals surface area contributed by atoms with E-state index < -0.39 is 0 Å². The van der Waals surface area contributed by atoms with Crippen LogP contribution in [-0.2, 0) is 9.53 Å². The lowest BCUT2D eigenvalue weighted by Gasteiger charge is -2.27. The Morgan fingerprint density at radius 2 is 1.93 bits per heavy atom. The van der Waals surface area contributed by atoms with Crippen molar-refractivity contribution < 1.29 is 23.8 Å². The predicted octanol–water partition coefficient (Wildman–Crippen LogP) is 2.98. The third-order valence-corrected chi connectivity index (χ3v) is 5.72. The molecule has 0 aliphatic carbocycles. The third kappa shape index (κ3) is 5.88. The first-order valence-corrected chi connectivity index (χ1v) is 11.2. The van der Waals surface area contributed by atoms with Crippen molar-refractivity contribution in [3.05, 3.63) is 23.8 Å². The molecule has 0 aromatic heterocycles. The summed E-state index contributed by atoms with van der Waals surface area (Å²) in [6.07, 6.45) is 4.27. The number of piperidine rings is 1. The Bertz CT molecular complexity index is 712. The largest absolute Gasteiger partial charge is 0.490 e. The molecule has 0 spiro atoms. The second-order valence-electron chi connectivity index (χ2n) is 7.90. The number of nitrogens with zero attached hydrogens (tertiary/aromatic N) is 2. The van der Waals surface area contributed by atoms with E-state index in [0.29, 0.717) is 49.3 Å². The normalized spacial score (nSPS) is 18.9. The van der Waals surface area contributed by atoms with E-state index in [1.165, 1.54) is 6.42 Å². The Kier molecular flexibility index (Phi) is 8.37. The SMILES string of the molecule is CCOc1cc(C(=O)N(CC)CC2CCOC2)ccc1OCC(=O)N1CCCCC1. The summed E-state index contributed by atoms with van der Waals surface area (Å²) in [6.45, 7) is 8.72. The molecule has 0 N–H and O–H groups in total. The zero-order valence-corrected chi connectivity index (χ0v) is 18.2. The maximum absolute atomic E-state index is 13.0. The van der Waals surface area contributed by atoms with Gasteiger partial charge in [-0.25, -0.2) is 0 Å². The molecule has 1 aromatic rings. The van der Waals surface area contributed by atoms with Crippen molar-refractivity contribution in [3.63, 3.8) is 0 Å². The number of likely N-dealkylation sites (tertiary alicyclic amines) is 1. The van der Waals surface area contributed by atoms with Crippen LogP contribution >= 0.6 is 0 Å². The molecule has 166 valence electrons. The van der Waals surface area contributed by atoms with Crippen molar-refractivity contribution in [2.75, 3.05) is 52.6 Å². The van der Waals surface area contributed by atoms with Gasteiger partial charge < -0.3 is 24.0 Å². The first-order chi connectivity index (χ1) is 14.6. The van der Waals surface area contributed by atoms with Gasteiger partial charge in [-0.3, -0.25) is 9.59 Å². The molecule has 1 aromatic carbocycles. The summed E-state index contributed by atoms with van der Waals surface area (Å²) in [7, 11) is 0. The molecule has 2 aliphatic rings. The molecule has 2 amide bonds. The van der Waals surface area contributed by atoms with E-state index in [9.17, 15) is 9.59 Å². The monoisotopic (exact) mass is 418 g/mol. The lowest BCUT2D eigenvalue weighted by atomic mass is 10.1. The summed E-state index contributed by atoms with van der Waals surface area (Å²) >= 11 is 0. The highest BCUT2D eigenvalue weighted by atomic mass is 16.5. The molecule has 3 rings (SSSR count). The second-order valence-corrected chi connectivity index (χ2v) is 7.90. The summed E-state index contributed by atoms with van der Waals surface area (Å²) < 4.78 is 16.9. The molecular weight excluding hydrogens is 384 g/mol. The molecule has 7 nitrogen and oxygen atoms in total. The van der Waals surface area contributed by atoms with Crippen LogP contribution in [0.4, 0.5) is 0 Å². The highest BCUT2D eigenvalue weighted by Gasteiger charge is 2.23. The average molecular weight is 419 g/mol. The van der Waals surface area contributed by atoms with Crippen LogP contribution in [0.25, 0.3) is 0 Å². The second kappa shape index (κ2) is 11.2. The Labute approximate surface area is 179 Å². The highest BCUT2D eigenvalue weighted by Crippen LogP contribution is 2.29. The van der Waals surface area contributed by atoms with Crippen molar-refractivity contribution in [3.8, 4) is 11.5 Å². The van der Waals surface area contributed by atoms with Gasteiger partial charge in [0.2, 0.25) is 0 Å². The highest BCUT2D eigenvalue weighted by molar-refractivity contribution is 5.95. The van der Waals surface area contributed by atoms with Gasteiger partial charge in [-0.05, 0) is 57.7 Å². The van der Waals surface area contributed by atoms with Crippen LogP contribution in [0, 0.1) is 5.92 Å². The van der Waals surface area contributed by atoms with E-state index in [1.54, 1.807) is 18.2 Å². The van der Waals surface area contributed by atoms with Gasteiger partial charge >= 0.3 is 0 Å². The van der Waals surface area contributed by atoms with Crippen molar-refractivity contribution in [2.24, 2.45) is 5.92 Å². The Morgan fingerprint density at radius 1 is 1.13 bits per heavy atom. The summed E-state index contributed by atoms with van der Waals surface area (Å²) in [5.74, 6) is 1.35. The first-order valence-electron chi connectivity index (χ1n) is 11.2. The molecule has 2 heterocycles. The molecule has 7 heteroatoms. The number of benzene rings is 1. The molecule has 0 saturated carbocycles. The Balaban J connectivity index is 1.65.